The number of anilines is 1. The molecule has 0 saturated carbocycles. The third kappa shape index (κ3) is 3.46. The van der Waals surface area contributed by atoms with Gasteiger partial charge in [-0.25, -0.2) is 8.42 Å². The van der Waals surface area contributed by atoms with Crippen LogP contribution in [0.5, 0.6) is 11.5 Å². The normalized spacial score (nSPS) is 14.0. The molecule has 132 valence electrons. The summed E-state index contributed by atoms with van der Waals surface area (Å²) in [6, 6.07) is 12.0. The molecule has 1 aliphatic heterocycles. The number of methoxy groups -OCH3 is 1. The lowest BCUT2D eigenvalue weighted by molar-refractivity contribution is -0.121. The van der Waals surface area contributed by atoms with Gasteiger partial charge in [-0.05, 0) is 35.9 Å². The highest BCUT2D eigenvalue weighted by molar-refractivity contribution is 7.91. The van der Waals surface area contributed by atoms with E-state index in [4.69, 9.17) is 9.47 Å². The molecule has 6 nitrogen and oxygen atoms in total. The molecule has 0 aliphatic carbocycles. The molecular formula is C18H19NO5S. The maximum atomic E-state index is 12.4. The van der Waals surface area contributed by atoms with Crippen molar-refractivity contribution in [2.24, 2.45) is 0 Å². The van der Waals surface area contributed by atoms with Crippen molar-refractivity contribution in [3.05, 3.63) is 48.0 Å². The summed E-state index contributed by atoms with van der Waals surface area (Å²) in [5, 5.41) is 0. The Kier molecular flexibility index (Phi) is 4.67. The van der Waals surface area contributed by atoms with Crippen LogP contribution >= 0.6 is 0 Å². The number of carbonyl (C=O) groups excluding carboxylic acids is 1. The molecule has 0 aromatic heterocycles. The summed E-state index contributed by atoms with van der Waals surface area (Å²) < 4.78 is 35.0. The maximum Gasteiger partial charge on any atom is 0.265 e. The van der Waals surface area contributed by atoms with E-state index in [2.05, 4.69) is 0 Å². The Morgan fingerprint density at radius 3 is 2.72 bits per heavy atom. The van der Waals surface area contributed by atoms with Gasteiger partial charge in [0.1, 0.15) is 11.5 Å². The topological polar surface area (TPSA) is 72.9 Å². The number of fused-ring (bicyclic) bond motifs is 1. The molecule has 0 atom stereocenters. The van der Waals surface area contributed by atoms with Crippen molar-refractivity contribution in [2.75, 3.05) is 24.4 Å². The molecule has 3 rings (SSSR count). The van der Waals surface area contributed by atoms with E-state index in [0.717, 1.165) is 5.56 Å². The number of sulfone groups is 1. The van der Waals surface area contributed by atoms with Gasteiger partial charge in [0, 0.05) is 0 Å². The molecular weight excluding hydrogens is 342 g/mol. The average molecular weight is 361 g/mol. The van der Waals surface area contributed by atoms with Crippen LogP contribution in [0.2, 0.25) is 0 Å². The molecule has 0 saturated heterocycles. The largest absolute Gasteiger partial charge is 0.497 e. The van der Waals surface area contributed by atoms with Gasteiger partial charge in [-0.15, -0.1) is 0 Å². The van der Waals surface area contributed by atoms with E-state index in [1.165, 1.54) is 12.1 Å². The lowest BCUT2D eigenvalue weighted by Crippen LogP contribution is -2.38. The summed E-state index contributed by atoms with van der Waals surface area (Å²) >= 11 is 0. The molecule has 1 aliphatic rings. The highest BCUT2D eigenvalue weighted by atomic mass is 32.2. The highest BCUT2D eigenvalue weighted by Gasteiger charge is 2.27. The third-order valence-corrected chi connectivity index (χ3v) is 5.82. The Morgan fingerprint density at radius 2 is 2.00 bits per heavy atom. The first-order chi connectivity index (χ1) is 11.9. The van der Waals surface area contributed by atoms with Crippen LogP contribution in [0, 0.1) is 0 Å². The number of rotatable bonds is 5. The van der Waals surface area contributed by atoms with E-state index in [1.54, 1.807) is 25.0 Å². The highest BCUT2D eigenvalue weighted by Crippen LogP contribution is 2.35. The first-order valence-electron chi connectivity index (χ1n) is 7.87. The molecule has 25 heavy (non-hydrogen) atoms. The fourth-order valence-corrected chi connectivity index (χ4v) is 3.57. The Hall–Kier alpha value is -2.54. The van der Waals surface area contributed by atoms with Gasteiger partial charge in [-0.1, -0.05) is 19.1 Å². The van der Waals surface area contributed by atoms with Gasteiger partial charge >= 0.3 is 0 Å². The maximum absolute atomic E-state index is 12.4. The predicted molar refractivity (Wildman–Crippen MR) is 93.8 cm³/mol. The van der Waals surface area contributed by atoms with Crippen LogP contribution in [-0.2, 0) is 21.2 Å². The van der Waals surface area contributed by atoms with Gasteiger partial charge in [-0.2, -0.15) is 0 Å². The van der Waals surface area contributed by atoms with Gasteiger partial charge in [0.2, 0.25) is 0 Å². The Labute approximate surface area is 146 Å². The van der Waals surface area contributed by atoms with Crippen LogP contribution < -0.4 is 14.4 Å². The van der Waals surface area contributed by atoms with E-state index in [9.17, 15) is 13.2 Å². The number of hydrogen-bond acceptors (Lipinski definition) is 5. The number of nitrogens with zero attached hydrogens (tertiary/aromatic N) is 1. The van der Waals surface area contributed by atoms with Crippen LogP contribution in [0.15, 0.2) is 47.4 Å². The van der Waals surface area contributed by atoms with Crippen molar-refractivity contribution in [3.8, 4) is 11.5 Å². The van der Waals surface area contributed by atoms with Crippen LogP contribution in [0.4, 0.5) is 5.69 Å². The van der Waals surface area contributed by atoms with Gasteiger partial charge in [0.15, 0.2) is 16.4 Å². The van der Waals surface area contributed by atoms with Crippen molar-refractivity contribution in [1.82, 2.24) is 0 Å². The van der Waals surface area contributed by atoms with E-state index in [0.29, 0.717) is 23.7 Å². The Balaban J connectivity index is 2.01. The monoisotopic (exact) mass is 361 g/mol. The van der Waals surface area contributed by atoms with E-state index in [-0.39, 0.29) is 23.2 Å². The van der Waals surface area contributed by atoms with Crippen molar-refractivity contribution < 1.29 is 22.7 Å². The molecule has 1 heterocycles. The molecule has 0 spiro atoms. The van der Waals surface area contributed by atoms with Crippen molar-refractivity contribution in [3.63, 3.8) is 0 Å². The lowest BCUT2D eigenvalue weighted by Gasteiger charge is -2.30. The Bertz CT molecular complexity index is 907. The van der Waals surface area contributed by atoms with E-state index >= 15 is 0 Å². The summed E-state index contributed by atoms with van der Waals surface area (Å²) in [5.74, 6) is 0.968. The van der Waals surface area contributed by atoms with Crippen molar-refractivity contribution >= 4 is 21.4 Å². The van der Waals surface area contributed by atoms with Crippen LogP contribution in [-0.4, -0.2) is 33.8 Å². The lowest BCUT2D eigenvalue weighted by atomic mass is 10.1. The SMILES string of the molecule is CCS(=O)(=O)c1ccc2c(c1)N(Cc1cccc(OC)c1)C(=O)CO2. The van der Waals surface area contributed by atoms with Crippen LogP contribution in [0.3, 0.4) is 0 Å². The molecule has 1 amide bonds. The van der Waals surface area contributed by atoms with Gasteiger partial charge in [-0.3, -0.25) is 4.79 Å². The smallest absolute Gasteiger partial charge is 0.265 e. The molecule has 2 aromatic carbocycles. The van der Waals surface area contributed by atoms with Crippen LogP contribution in [0.25, 0.3) is 0 Å². The fraction of sp³-hybridized carbons (Fsp3) is 0.278. The zero-order valence-electron chi connectivity index (χ0n) is 14.1. The zero-order valence-corrected chi connectivity index (χ0v) is 14.9. The molecule has 2 aromatic rings. The van der Waals surface area contributed by atoms with Crippen LogP contribution in [0.1, 0.15) is 12.5 Å². The summed E-state index contributed by atoms with van der Waals surface area (Å²) in [4.78, 5) is 14.1. The minimum Gasteiger partial charge on any atom is -0.497 e. The second kappa shape index (κ2) is 6.76. The predicted octanol–water partition coefficient (Wildman–Crippen LogP) is 2.41. The Morgan fingerprint density at radius 1 is 1.20 bits per heavy atom. The second-order valence-electron chi connectivity index (χ2n) is 5.65. The molecule has 7 heteroatoms. The number of amides is 1. The van der Waals surface area contributed by atoms with Gasteiger partial charge in [0.05, 0.1) is 30.0 Å². The molecule has 0 N–H and O–H groups in total. The number of carbonyl (C=O) groups is 1. The van der Waals surface area contributed by atoms with Crippen molar-refractivity contribution in [2.45, 2.75) is 18.4 Å². The van der Waals surface area contributed by atoms with E-state index < -0.39 is 9.84 Å². The molecule has 0 fully saturated rings. The molecule has 0 unspecified atom stereocenters. The molecule has 0 bridgehead atoms. The minimum atomic E-state index is -3.37. The summed E-state index contributed by atoms with van der Waals surface area (Å²) in [6.45, 7) is 1.82. The fourth-order valence-electron chi connectivity index (χ4n) is 2.67. The van der Waals surface area contributed by atoms with E-state index in [1.807, 2.05) is 24.3 Å². The number of hydrogen-bond donors (Lipinski definition) is 0. The quantitative estimate of drug-likeness (QED) is 0.818. The third-order valence-electron chi connectivity index (χ3n) is 4.09. The van der Waals surface area contributed by atoms with Crippen molar-refractivity contribution in [1.29, 1.82) is 0 Å². The minimum absolute atomic E-state index is 0.00350. The number of benzene rings is 2. The molecule has 0 radical (unpaired) electrons. The summed E-state index contributed by atoms with van der Waals surface area (Å²) in [5.41, 5.74) is 1.35. The average Bonchev–Trinajstić information content (AvgIpc) is 2.63. The van der Waals surface area contributed by atoms with Gasteiger partial charge in [0.25, 0.3) is 5.91 Å². The first-order valence-corrected chi connectivity index (χ1v) is 9.52. The zero-order chi connectivity index (χ0) is 18.0. The standard InChI is InChI=1S/C18H19NO5S/c1-3-25(21,22)15-7-8-17-16(10-15)19(18(20)12-24-17)11-13-5-4-6-14(9-13)23-2/h4-10H,3,11-12H2,1-2H3. The number of ether oxygens (including phenoxy) is 2. The summed E-state index contributed by atoms with van der Waals surface area (Å²) in [6.07, 6.45) is 0. The van der Waals surface area contributed by atoms with Gasteiger partial charge < -0.3 is 14.4 Å². The first kappa shape index (κ1) is 17.3. The summed E-state index contributed by atoms with van der Waals surface area (Å²) in [7, 11) is -1.79. The second-order valence-corrected chi connectivity index (χ2v) is 7.93.